The third-order valence-corrected chi connectivity index (χ3v) is 2.89. The summed E-state index contributed by atoms with van der Waals surface area (Å²) in [6.07, 6.45) is 1.75. The molecule has 0 aromatic carbocycles. The summed E-state index contributed by atoms with van der Waals surface area (Å²) in [5, 5.41) is 0. The fraction of sp³-hybridized carbons (Fsp3) is 0.667. The number of likely N-dealkylation sites (tertiary alicyclic amines) is 1. The van der Waals surface area contributed by atoms with Gasteiger partial charge in [-0.25, -0.2) is 4.79 Å². The van der Waals surface area contributed by atoms with Gasteiger partial charge in [-0.2, -0.15) is 0 Å². The number of primary amides is 1. The maximum absolute atomic E-state index is 11.4. The Hall–Kier alpha value is -1.36. The molecule has 1 heterocycles. The van der Waals surface area contributed by atoms with Crippen molar-refractivity contribution in [2.45, 2.75) is 19.8 Å². The van der Waals surface area contributed by atoms with Gasteiger partial charge in [0.15, 0.2) is 0 Å². The van der Waals surface area contributed by atoms with E-state index in [4.69, 9.17) is 10.5 Å². The van der Waals surface area contributed by atoms with E-state index < -0.39 is 0 Å². The molecule has 0 spiro atoms. The first-order chi connectivity index (χ1) is 8.04. The molecule has 0 radical (unpaired) electrons. The average Bonchev–Trinajstić information content (AvgIpc) is 2.29. The fourth-order valence-electron chi connectivity index (χ4n) is 2.00. The minimum Gasteiger partial charge on any atom is -0.463 e. The standard InChI is InChI=1S/C12H20N2O3/c1-3-17-12(16)9(2)7-14-6-4-5-10(8-14)11(13)15/h10H,2-8H2,1H3,(H2,13,15). The molecule has 1 aliphatic heterocycles. The Morgan fingerprint density at radius 2 is 2.24 bits per heavy atom. The van der Waals surface area contributed by atoms with Crippen LogP contribution in [0, 0.1) is 5.92 Å². The van der Waals surface area contributed by atoms with Gasteiger partial charge in [0.2, 0.25) is 5.91 Å². The quantitative estimate of drug-likeness (QED) is 0.554. The van der Waals surface area contributed by atoms with Crippen molar-refractivity contribution in [1.29, 1.82) is 0 Å². The Bertz CT molecular complexity index is 315. The van der Waals surface area contributed by atoms with Crippen molar-refractivity contribution in [1.82, 2.24) is 4.90 Å². The molecular weight excluding hydrogens is 220 g/mol. The normalized spacial score (nSPS) is 20.9. The van der Waals surface area contributed by atoms with Gasteiger partial charge in [0.1, 0.15) is 0 Å². The number of hydrogen-bond acceptors (Lipinski definition) is 4. The van der Waals surface area contributed by atoms with Crippen LogP contribution < -0.4 is 5.73 Å². The van der Waals surface area contributed by atoms with Crippen LogP contribution in [-0.2, 0) is 14.3 Å². The third kappa shape index (κ3) is 4.19. The molecular formula is C12H20N2O3. The van der Waals surface area contributed by atoms with E-state index in [-0.39, 0.29) is 17.8 Å². The van der Waals surface area contributed by atoms with E-state index >= 15 is 0 Å². The van der Waals surface area contributed by atoms with Gasteiger partial charge in [-0.05, 0) is 26.3 Å². The highest BCUT2D eigenvalue weighted by molar-refractivity contribution is 5.88. The van der Waals surface area contributed by atoms with Crippen LogP contribution in [0.4, 0.5) is 0 Å². The maximum atomic E-state index is 11.4. The van der Waals surface area contributed by atoms with E-state index in [0.717, 1.165) is 19.4 Å². The molecule has 1 atom stereocenters. The van der Waals surface area contributed by atoms with Crippen LogP contribution in [0.1, 0.15) is 19.8 Å². The van der Waals surface area contributed by atoms with Crippen molar-refractivity contribution in [3.05, 3.63) is 12.2 Å². The smallest absolute Gasteiger partial charge is 0.334 e. The summed E-state index contributed by atoms with van der Waals surface area (Å²) >= 11 is 0. The zero-order valence-corrected chi connectivity index (χ0v) is 10.3. The van der Waals surface area contributed by atoms with Gasteiger partial charge < -0.3 is 10.5 Å². The molecule has 1 saturated heterocycles. The predicted molar refractivity (Wildman–Crippen MR) is 64.1 cm³/mol. The zero-order valence-electron chi connectivity index (χ0n) is 10.3. The summed E-state index contributed by atoms with van der Waals surface area (Å²) in [6, 6.07) is 0. The molecule has 0 bridgehead atoms. The number of esters is 1. The largest absolute Gasteiger partial charge is 0.463 e. The number of hydrogen-bond donors (Lipinski definition) is 1. The molecule has 0 aromatic heterocycles. The van der Waals surface area contributed by atoms with E-state index in [2.05, 4.69) is 6.58 Å². The average molecular weight is 240 g/mol. The van der Waals surface area contributed by atoms with Crippen molar-refractivity contribution >= 4 is 11.9 Å². The van der Waals surface area contributed by atoms with Crippen LogP contribution in [0.2, 0.25) is 0 Å². The zero-order chi connectivity index (χ0) is 12.8. The molecule has 5 heteroatoms. The summed E-state index contributed by atoms with van der Waals surface area (Å²) in [4.78, 5) is 24.5. The number of nitrogens with zero attached hydrogens (tertiary/aromatic N) is 1. The van der Waals surface area contributed by atoms with Gasteiger partial charge in [0.05, 0.1) is 12.5 Å². The summed E-state index contributed by atoms with van der Waals surface area (Å²) in [6.45, 7) is 7.73. The number of nitrogens with two attached hydrogens (primary N) is 1. The van der Waals surface area contributed by atoms with Crippen molar-refractivity contribution in [2.24, 2.45) is 11.7 Å². The van der Waals surface area contributed by atoms with Crippen LogP contribution in [0.25, 0.3) is 0 Å². The van der Waals surface area contributed by atoms with E-state index in [9.17, 15) is 9.59 Å². The number of rotatable bonds is 5. The molecule has 17 heavy (non-hydrogen) atoms. The molecule has 1 unspecified atom stereocenters. The van der Waals surface area contributed by atoms with Crippen molar-refractivity contribution in [3.8, 4) is 0 Å². The topological polar surface area (TPSA) is 72.6 Å². The van der Waals surface area contributed by atoms with Gasteiger partial charge in [0.25, 0.3) is 0 Å². The molecule has 1 fully saturated rings. The summed E-state index contributed by atoms with van der Waals surface area (Å²) < 4.78 is 4.86. The van der Waals surface area contributed by atoms with Gasteiger partial charge >= 0.3 is 5.97 Å². The molecule has 1 aliphatic rings. The first-order valence-electron chi connectivity index (χ1n) is 5.91. The number of ether oxygens (including phenoxy) is 1. The lowest BCUT2D eigenvalue weighted by Crippen LogP contribution is -2.42. The van der Waals surface area contributed by atoms with Gasteiger partial charge in [-0.1, -0.05) is 6.58 Å². The fourth-order valence-corrected chi connectivity index (χ4v) is 2.00. The first-order valence-corrected chi connectivity index (χ1v) is 5.91. The minimum atomic E-state index is -0.367. The molecule has 96 valence electrons. The van der Waals surface area contributed by atoms with Crippen molar-refractivity contribution in [2.75, 3.05) is 26.2 Å². The number of amides is 1. The van der Waals surface area contributed by atoms with Crippen LogP contribution in [-0.4, -0.2) is 43.0 Å². The van der Waals surface area contributed by atoms with Crippen LogP contribution in [0.3, 0.4) is 0 Å². The van der Waals surface area contributed by atoms with E-state index in [1.165, 1.54) is 0 Å². The number of carbonyl (C=O) groups excluding carboxylic acids is 2. The summed E-state index contributed by atoms with van der Waals surface area (Å²) in [7, 11) is 0. The van der Waals surface area contributed by atoms with Crippen LogP contribution >= 0.6 is 0 Å². The second-order valence-electron chi connectivity index (χ2n) is 4.30. The highest BCUT2D eigenvalue weighted by Crippen LogP contribution is 2.16. The van der Waals surface area contributed by atoms with Gasteiger partial charge in [0, 0.05) is 18.7 Å². The first kappa shape index (κ1) is 13.7. The van der Waals surface area contributed by atoms with E-state index in [1.807, 2.05) is 4.90 Å². The number of piperidine rings is 1. The Balaban J connectivity index is 2.43. The predicted octanol–water partition coefficient (Wildman–Crippen LogP) is 0.303. The molecule has 1 amide bonds. The summed E-state index contributed by atoms with van der Waals surface area (Å²) in [5.74, 6) is -0.746. The molecule has 1 rings (SSSR count). The highest BCUT2D eigenvalue weighted by atomic mass is 16.5. The van der Waals surface area contributed by atoms with Gasteiger partial charge in [-0.3, -0.25) is 9.69 Å². The number of carbonyl (C=O) groups is 2. The van der Waals surface area contributed by atoms with E-state index in [0.29, 0.717) is 25.3 Å². The lowest BCUT2D eigenvalue weighted by molar-refractivity contribution is -0.138. The molecule has 0 saturated carbocycles. The molecule has 2 N–H and O–H groups in total. The second-order valence-corrected chi connectivity index (χ2v) is 4.30. The van der Waals surface area contributed by atoms with E-state index in [1.54, 1.807) is 6.92 Å². The second kappa shape index (κ2) is 6.39. The highest BCUT2D eigenvalue weighted by Gasteiger charge is 2.25. The Labute approximate surface area is 102 Å². The van der Waals surface area contributed by atoms with Crippen LogP contribution in [0.5, 0.6) is 0 Å². The lowest BCUT2D eigenvalue weighted by Gasteiger charge is -2.31. The minimum absolute atomic E-state index is 0.112. The third-order valence-electron chi connectivity index (χ3n) is 2.89. The van der Waals surface area contributed by atoms with Gasteiger partial charge in [-0.15, -0.1) is 0 Å². The molecule has 0 aromatic rings. The Morgan fingerprint density at radius 1 is 1.53 bits per heavy atom. The van der Waals surface area contributed by atoms with Crippen molar-refractivity contribution in [3.63, 3.8) is 0 Å². The molecule has 0 aliphatic carbocycles. The molecule has 5 nitrogen and oxygen atoms in total. The maximum Gasteiger partial charge on any atom is 0.334 e. The SMILES string of the molecule is C=C(CN1CCCC(C(N)=O)C1)C(=O)OCC. The van der Waals surface area contributed by atoms with Crippen molar-refractivity contribution < 1.29 is 14.3 Å². The lowest BCUT2D eigenvalue weighted by atomic mass is 9.97. The Kier molecular flexibility index (Phi) is 5.15. The van der Waals surface area contributed by atoms with Crippen LogP contribution in [0.15, 0.2) is 12.2 Å². The Morgan fingerprint density at radius 3 is 2.82 bits per heavy atom. The monoisotopic (exact) mass is 240 g/mol. The summed E-state index contributed by atoms with van der Waals surface area (Å²) in [5.41, 5.74) is 5.72.